The molecule has 0 aliphatic heterocycles. The van der Waals surface area contributed by atoms with E-state index in [1.807, 2.05) is 0 Å². The molecule has 486 valence electrons. The maximum absolute atomic E-state index is 12.6. The number of carbonyl (C=O) groups excluding carboxylic acids is 2. The summed E-state index contributed by atoms with van der Waals surface area (Å²) in [5.74, 6) is -0.0180. The number of hydrogen-bond acceptors (Lipinski definition) is 5. The third-order valence-electron chi connectivity index (χ3n) is 17.8. The number of carbonyl (C=O) groups is 2. The summed E-state index contributed by atoms with van der Waals surface area (Å²) < 4.78 is 5.47. The highest BCUT2D eigenvalue weighted by Crippen LogP contribution is 2.19. The Labute approximate surface area is 513 Å². The minimum atomic E-state index is -0.667. The minimum absolute atomic E-state index is 0.0126. The molecule has 0 bridgehead atoms. The lowest BCUT2D eigenvalue weighted by Gasteiger charge is -2.22. The van der Waals surface area contributed by atoms with E-state index in [4.69, 9.17) is 4.74 Å². The lowest BCUT2D eigenvalue weighted by atomic mass is 10.0. The van der Waals surface area contributed by atoms with Crippen LogP contribution in [0.4, 0.5) is 0 Å². The molecular weight excluding hydrogens is 1010 g/mol. The summed E-state index contributed by atoms with van der Waals surface area (Å²) in [6.07, 6.45) is 91.1. The number of rotatable bonds is 71. The van der Waals surface area contributed by atoms with Gasteiger partial charge in [-0.3, -0.25) is 9.59 Å². The average Bonchev–Trinajstić information content (AvgIpc) is 3.48. The second-order valence-electron chi connectivity index (χ2n) is 26.0. The van der Waals surface area contributed by atoms with Gasteiger partial charge in [0.15, 0.2) is 0 Å². The minimum Gasteiger partial charge on any atom is -0.466 e. The summed E-state index contributed by atoms with van der Waals surface area (Å²) >= 11 is 0. The molecule has 0 radical (unpaired) electrons. The van der Waals surface area contributed by atoms with E-state index in [1.165, 1.54) is 347 Å². The third-order valence-corrected chi connectivity index (χ3v) is 17.8. The van der Waals surface area contributed by atoms with Gasteiger partial charge in [0.2, 0.25) is 5.91 Å². The van der Waals surface area contributed by atoms with Crippen LogP contribution in [0.15, 0.2) is 24.3 Å². The first-order chi connectivity index (χ1) is 40.5. The zero-order valence-corrected chi connectivity index (χ0v) is 55.8. The largest absolute Gasteiger partial charge is 0.466 e. The molecule has 0 spiro atoms. The van der Waals surface area contributed by atoms with Gasteiger partial charge >= 0.3 is 5.97 Å². The summed E-state index contributed by atoms with van der Waals surface area (Å²) in [5.41, 5.74) is 0. The van der Waals surface area contributed by atoms with E-state index in [9.17, 15) is 19.8 Å². The molecule has 6 heteroatoms. The molecule has 0 heterocycles. The van der Waals surface area contributed by atoms with Gasteiger partial charge in [-0.05, 0) is 57.8 Å². The van der Waals surface area contributed by atoms with Crippen LogP contribution in [0.2, 0.25) is 0 Å². The first kappa shape index (κ1) is 80.3. The van der Waals surface area contributed by atoms with E-state index < -0.39 is 12.1 Å². The number of unbranched alkanes of at least 4 members (excludes halogenated alkanes) is 56. The molecule has 0 aliphatic carbocycles. The van der Waals surface area contributed by atoms with Gasteiger partial charge in [-0.25, -0.2) is 0 Å². The monoisotopic (exact) mass is 1150 g/mol. The fourth-order valence-corrected chi connectivity index (χ4v) is 12.0. The first-order valence-electron chi connectivity index (χ1n) is 37.6. The molecule has 0 aromatic carbocycles. The Kier molecular flexibility index (Phi) is 70.4. The second kappa shape index (κ2) is 71.8. The van der Waals surface area contributed by atoms with Crippen LogP contribution < -0.4 is 5.32 Å². The van der Waals surface area contributed by atoms with Crippen LogP contribution in [0.25, 0.3) is 0 Å². The number of nitrogens with one attached hydrogen (secondary N) is 1. The van der Waals surface area contributed by atoms with Crippen LogP contribution in [0, 0.1) is 0 Å². The van der Waals surface area contributed by atoms with Crippen molar-refractivity contribution in [3.63, 3.8) is 0 Å². The average molecular weight is 1160 g/mol. The van der Waals surface area contributed by atoms with Gasteiger partial charge in [0.25, 0.3) is 0 Å². The van der Waals surface area contributed by atoms with Crippen molar-refractivity contribution >= 4 is 11.9 Å². The number of aliphatic hydroxyl groups is 2. The Morgan fingerprint density at radius 2 is 0.610 bits per heavy atom. The summed E-state index contributed by atoms with van der Waals surface area (Å²) in [6.45, 7) is 4.99. The Hall–Kier alpha value is -1.66. The van der Waals surface area contributed by atoms with Gasteiger partial charge in [0, 0.05) is 12.8 Å². The molecule has 82 heavy (non-hydrogen) atoms. The zero-order valence-electron chi connectivity index (χ0n) is 55.8. The maximum atomic E-state index is 12.6. The van der Waals surface area contributed by atoms with Crippen molar-refractivity contribution in [2.75, 3.05) is 13.2 Å². The fraction of sp³-hybridized carbons (Fsp3) is 0.921. The van der Waals surface area contributed by atoms with Gasteiger partial charge in [-0.1, -0.05) is 378 Å². The van der Waals surface area contributed by atoms with E-state index in [2.05, 4.69) is 43.5 Å². The number of amides is 1. The lowest BCUT2D eigenvalue weighted by molar-refractivity contribution is -0.143. The van der Waals surface area contributed by atoms with Gasteiger partial charge in [0.1, 0.15) is 0 Å². The van der Waals surface area contributed by atoms with E-state index >= 15 is 0 Å². The topological polar surface area (TPSA) is 95.9 Å². The summed E-state index contributed by atoms with van der Waals surface area (Å²) in [6, 6.07) is -0.544. The summed E-state index contributed by atoms with van der Waals surface area (Å²) in [4.78, 5) is 24.6. The molecule has 2 unspecified atom stereocenters. The standard InChI is InChI=1S/C76H147NO5/c1-3-5-7-9-11-13-15-16-17-18-19-20-21-27-30-33-36-39-42-45-49-52-56-60-64-68-74(79)73(72-78)77-75(80)69-65-61-57-53-50-46-43-40-37-34-31-28-25-23-22-24-26-29-32-35-38-41-44-47-51-55-59-63-67-71-82-76(81)70-66-62-58-54-48-14-12-10-8-6-4-2/h22,24,29,32,73-74,78-79H,3-21,23,25-28,30-31,33-72H2,1-2H3,(H,77,80)/b24-22-,32-29-. The highest BCUT2D eigenvalue weighted by atomic mass is 16.5. The van der Waals surface area contributed by atoms with Crippen LogP contribution in [-0.2, 0) is 14.3 Å². The molecule has 3 N–H and O–H groups in total. The van der Waals surface area contributed by atoms with Gasteiger partial charge < -0.3 is 20.3 Å². The van der Waals surface area contributed by atoms with Gasteiger partial charge in [0.05, 0.1) is 25.4 Å². The lowest BCUT2D eigenvalue weighted by Crippen LogP contribution is -2.45. The van der Waals surface area contributed by atoms with E-state index in [0.29, 0.717) is 25.9 Å². The first-order valence-corrected chi connectivity index (χ1v) is 37.6. The van der Waals surface area contributed by atoms with E-state index in [-0.39, 0.29) is 18.5 Å². The molecule has 0 rings (SSSR count). The van der Waals surface area contributed by atoms with Crippen molar-refractivity contribution in [2.45, 2.75) is 437 Å². The van der Waals surface area contributed by atoms with Crippen molar-refractivity contribution in [2.24, 2.45) is 0 Å². The normalized spacial score (nSPS) is 12.6. The van der Waals surface area contributed by atoms with Crippen LogP contribution >= 0.6 is 0 Å². The smallest absolute Gasteiger partial charge is 0.305 e. The molecule has 2 atom stereocenters. The number of hydrogen-bond donors (Lipinski definition) is 3. The summed E-state index contributed by atoms with van der Waals surface area (Å²) in [7, 11) is 0. The Morgan fingerprint density at radius 3 is 0.927 bits per heavy atom. The zero-order chi connectivity index (χ0) is 59.2. The van der Waals surface area contributed by atoms with Crippen LogP contribution in [0.1, 0.15) is 425 Å². The second-order valence-corrected chi connectivity index (χ2v) is 26.0. The predicted molar refractivity (Wildman–Crippen MR) is 361 cm³/mol. The van der Waals surface area contributed by atoms with Crippen molar-refractivity contribution in [1.29, 1.82) is 0 Å². The van der Waals surface area contributed by atoms with Crippen molar-refractivity contribution in [3.05, 3.63) is 24.3 Å². The highest BCUT2D eigenvalue weighted by molar-refractivity contribution is 5.76. The molecule has 1 amide bonds. The van der Waals surface area contributed by atoms with Crippen LogP contribution in [0.3, 0.4) is 0 Å². The van der Waals surface area contributed by atoms with Crippen molar-refractivity contribution in [3.8, 4) is 0 Å². The Morgan fingerprint density at radius 1 is 0.341 bits per heavy atom. The van der Waals surface area contributed by atoms with E-state index in [1.54, 1.807) is 0 Å². The predicted octanol–water partition coefficient (Wildman–Crippen LogP) is 24.5. The Bertz CT molecular complexity index is 1280. The molecule has 0 aromatic heterocycles. The van der Waals surface area contributed by atoms with Crippen molar-refractivity contribution < 1.29 is 24.5 Å². The van der Waals surface area contributed by atoms with Gasteiger partial charge in [-0.2, -0.15) is 0 Å². The van der Waals surface area contributed by atoms with Crippen LogP contribution in [-0.4, -0.2) is 47.4 Å². The number of ether oxygens (including phenoxy) is 1. The molecule has 0 fully saturated rings. The molecule has 0 aliphatic rings. The van der Waals surface area contributed by atoms with Crippen molar-refractivity contribution in [1.82, 2.24) is 5.32 Å². The molecule has 6 nitrogen and oxygen atoms in total. The van der Waals surface area contributed by atoms with Crippen LogP contribution in [0.5, 0.6) is 0 Å². The SMILES string of the molecule is CCCCCCCCCCCCCCCCCCCCCCCCCCCC(O)C(CO)NC(=O)CCCCCCCCCCCCCCC/C=C\C/C=C\CCCCCCCCCCCOC(=O)CCCCCCCCCCCCC. The third kappa shape index (κ3) is 67.5. The molecule has 0 saturated carbocycles. The molecular formula is C76H147NO5. The fourth-order valence-electron chi connectivity index (χ4n) is 12.0. The molecule has 0 saturated heterocycles. The molecule has 0 aromatic rings. The van der Waals surface area contributed by atoms with Gasteiger partial charge in [-0.15, -0.1) is 0 Å². The Balaban J connectivity index is 3.40. The summed E-state index contributed by atoms with van der Waals surface area (Å²) in [5, 5.41) is 23.5. The maximum Gasteiger partial charge on any atom is 0.305 e. The quantitative estimate of drug-likeness (QED) is 0.0320. The number of aliphatic hydroxyl groups excluding tert-OH is 2. The highest BCUT2D eigenvalue weighted by Gasteiger charge is 2.20. The number of esters is 1. The van der Waals surface area contributed by atoms with E-state index in [0.717, 1.165) is 44.9 Å². The number of allylic oxidation sites excluding steroid dienone is 4.